The van der Waals surface area contributed by atoms with Crippen LogP contribution in [-0.4, -0.2) is 19.7 Å². The SMILES string of the molecule is Cc1ccc(C2CNCCO2)cc1-c1ccccc1. The first-order chi connectivity index (χ1) is 9.34. The van der Waals surface area contributed by atoms with Crippen LogP contribution in [0.15, 0.2) is 48.5 Å². The van der Waals surface area contributed by atoms with Gasteiger partial charge in [-0.3, -0.25) is 0 Å². The predicted molar refractivity (Wildman–Crippen MR) is 78.2 cm³/mol. The fourth-order valence-corrected chi connectivity index (χ4v) is 2.55. The van der Waals surface area contributed by atoms with Crippen LogP contribution in [0.3, 0.4) is 0 Å². The van der Waals surface area contributed by atoms with Gasteiger partial charge in [-0.2, -0.15) is 0 Å². The minimum absolute atomic E-state index is 0.178. The molecule has 0 saturated carbocycles. The fraction of sp³-hybridized carbons (Fsp3) is 0.294. The second kappa shape index (κ2) is 5.55. The zero-order valence-electron chi connectivity index (χ0n) is 11.2. The van der Waals surface area contributed by atoms with Crippen LogP contribution in [-0.2, 0) is 4.74 Å². The smallest absolute Gasteiger partial charge is 0.0950 e. The molecule has 0 bridgehead atoms. The van der Waals surface area contributed by atoms with E-state index < -0.39 is 0 Å². The van der Waals surface area contributed by atoms with E-state index in [1.165, 1.54) is 22.3 Å². The van der Waals surface area contributed by atoms with E-state index in [9.17, 15) is 0 Å². The highest BCUT2D eigenvalue weighted by Crippen LogP contribution is 2.28. The Labute approximate surface area is 114 Å². The van der Waals surface area contributed by atoms with Gasteiger partial charge in [0.25, 0.3) is 0 Å². The third-order valence-electron chi connectivity index (χ3n) is 3.65. The fourth-order valence-electron chi connectivity index (χ4n) is 2.55. The lowest BCUT2D eigenvalue weighted by molar-refractivity contribution is 0.0277. The maximum absolute atomic E-state index is 5.83. The van der Waals surface area contributed by atoms with Gasteiger partial charge < -0.3 is 10.1 Å². The molecular formula is C17H19NO. The van der Waals surface area contributed by atoms with Crippen LogP contribution in [0.4, 0.5) is 0 Å². The van der Waals surface area contributed by atoms with Crippen molar-refractivity contribution in [3.63, 3.8) is 0 Å². The summed E-state index contributed by atoms with van der Waals surface area (Å²) >= 11 is 0. The van der Waals surface area contributed by atoms with Crippen molar-refractivity contribution >= 4 is 0 Å². The molecule has 3 rings (SSSR count). The summed E-state index contributed by atoms with van der Waals surface area (Å²) in [7, 11) is 0. The third-order valence-corrected chi connectivity index (χ3v) is 3.65. The molecule has 1 heterocycles. The van der Waals surface area contributed by atoms with Gasteiger partial charge in [0.2, 0.25) is 0 Å². The first-order valence-electron chi connectivity index (χ1n) is 6.83. The molecule has 1 aliphatic rings. The number of rotatable bonds is 2. The van der Waals surface area contributed by atoms with Gasteiger partial charge in [-0.15, -0.1) is 0 Å². The molecule has 2 aromatic rings. The molecule has 1 saturated heterocycles. The second-order valence-corrected chi connectivity index (χ2v) is 5.00. The van der Waals surface area contributed by atoms with Crippen molar-refractivity contribution in [3.8, 4) is 11.1 Å². The molecule has 0 amide bonds. The van der Waals surface area contributed by atoms with Gasteiger partial charge in [0.05, 0.1) is 12.7 Å². The summed E-state index contributed by atoms with van der Waals surface area (Å²) in [5, 5.41) is 3.38. The lowest BCUT2D eigenvalue weighted by Gasteiger charge is -2.24. The van der Waals surface area contributed by atoms with Crippen molar-refractivity contribution in [2.45, 2.75) is 13.0 Å². The first kappa shape index (κ1) is 12.4. The van der Waals surface area contributed by atoms with E-state index in [1.54, 1.807) is 0 Å². The van der Waals surface area contributed by atoms with Crippen LogP contribution in [0, 0.1) is 6.92 Å². The van der Waals surface area contributed by atoms with Crippen LogP contribution in [0.5, 0.6) is 0 Å². The summed E-state index contributed by atoms with van der Waals surface area (Å²) in [5.74, 6) is 0. The number of nitrogens with one attached hydrogen (secondary N) is 1. The van der Waals surface area contributed by atoms with E-state index in [0.717, 1.165) is 19.7 Å². The molecule has 0 aromatic heterocycles. The molecule has 1 N–H and O–H groups in total. The zero-order valence-corrected chi connectivity index (χ0v) is 11.2. The average molecular weight is 253 g/mol. The monoisotopic (exact) mass is 253 g/mol. The Bertz CT molecular complexity index is 544. The molecule has 98 valence electrons. The van der Waals surface area contributed by atoms with E-state index >= 15 is 0 Å². The zero-order chi connectivity index (χ0) is 13.1. The van der Waals surface area contributed by atoms with Crippen molar-refractivity contribution in [3.05, 3.63) is 59.7 Å². The number of morpholine rings is 1. The van der Waals surface area contributed by atoms with Gasteiger partial charge in [-0.1, -0.05) is 42.5 Å². The van der Waals surface area contributed by atoms with Gasteiger partial charge in [0.15, 0.2) is 0 Å². The van der Waals surface area contributed by atoms with Crippen molar-refractivity contribution in [1.29, 1.82) is 0 Å². The van der Waals surface area contributed by atoms with E-state index in [0.29, 0.717) is 0 Å². The number of ether oxygens (including phenoxy) is 1. The third kappa shape index (κ3) is 2.70. The average Bonchev–Trinajstić information content (AvgIpc) is 2.49. The lowest BCUT2D eigenvalue weighted by atomic mass is 9.96. The van der Waals surface area contributed by atoms with Crippen molar-refractivity contribution in [2.75, 3.05) is 19.7 Å². The van der Waals surface area contributed by atoms with Crippen LogP contribution < -0.4 is 5.32 Å². The van der Waals surface area contributed by atoms with E-state index in [-0.39, 0.29) is 6.10 Å². The molecule has 19 heavy (non-hydrogen) atoms. The minimum Gasteiger partial charge on any atom is -0.371 e. The Kier molecular flexibility index (Phi) is 3.62. The quantitative estimate of drug-likeness (QED) is 0.886. The van der Waals surface area contributed by atoms with E-state index in [4.69, 9.17) is 4.74 Å². The Balaban J connectivity index is 1.96. The van der Waals surface area contributed by atoms with Crippen LogP contribution >= 0.6 is 0 Å². The molecule has 2 heteroatoms. The highest BCUT2D eigenvalue weighted by Gasteiger charge is 2.16. The minimum atomic E-state index is 0.178. The van der Waals surface area contributed by atoms with Crippen LogP contribution in [0.1, 0.15) is 17.2 Å². The second-order valence-electron chi connectivity index (χ2n) is 5.00. The Morgan fingerprint density at radius 3 is 2.68 bits per heavy atom. The molecule has 0 radical (unpaired) electrons. The summed E-state index contributed by atoms with van der Waals surface area (Å²) in [5.41, 5.74) is 5.13. The van der Waals surface area contributed by atoms with Crippen molar-refractivity contribution in [2.24, 2.45) is 0 Å². The summed E-state index contributed by atoms with van der Waals surface area (Å²) in [4.78, 5) is 0. The number of hydrogen-bond donors (Lipinski definition) is 1. The first-order valence-corrected chi connectivity index (χ1v) is 6.83. The maximum atomic E-state index is 5.83. The maximum Gasteiger partial charge on any atom is 0.0950 e. The highest BCUT2D eigenvalue weighted by molar-refractivity contribution is 5.67. The summed E-state index contributed by atoms with van der Waals surface area (Å²) in [6, 6.07) is 17.2. The molecule has 1 atom stereocenters. The lowest BCUT2D eigenvalue weighted by Crippen LogP contribution is -2.33. The van der Waals surface area contributed by atoms with E-state index in [2.05, 4.69) is 60.8 Å². The van der Waals surface area contributed by atoms with Gasteiger partial charge in [-0.25, -0.2) is 0 Å². The van der Waals surface area contributed by atoms with Crippen LogP contribution in [0.25, 0.3) is 11.1 Å². The Morgan fingerprint density at radius 1 is 1.11 bits per heavy atom. The summed E-state index contributed by atoms with van der Waals surface area (Å²) in [6.45, 7) is 4.80. The molecule has 2 nitrogen and oxygen atoms in total. The van der Waals surface area contributed by atoms with Gasteiger partial charge in [0, 0.05) is 13.1 Å². The Hall–Kier alpha value is -1.64. The van der Waals surface area contributed by atoms with Gasteiger partial charge in [-0.05, 0) is 35.2 Å². The van der Waals surface area contributed by atoms with Crippen LogP contribution in [0.2, 0.25) is 0 Å². The van der Waals surface area contributed by atoms with Gasteiger partial charge in [0.1, 0.15) is 0 Å². The normalized spacial score (nSPS) is 19.3. The summed E-state index contributed by atoms with van der Waals surface area (Å²) in [6.07, 6.45) is 0.178. The molecule has 0 aliphatic carbocycles. The highest BCUT2D eigenvalue weighted by atomic mass is 16.5. The summed E-state index contributed by atoms with van der Waals surface area (Å²) < 4.78 is 5.83. The Morgan fingerprint density at radius 2 is 1.95 bits per heavy atom. The number of benzene rings is 2. The van der Waals surface area contributed by atoms with E-state index in [1.807, 2.05) is 0 Å². The topological polar surface area (TPSA) is 21.3 Å². The standard InChI is InChI=1S/C17H19NO/c1-13-7-8-15(17-12-18-9-10-19-17)11-16(13)14-5-3-2-4-6-14/h2-8,11,17-18H,9-10,12H2,1H3. The number of aryl methyl sites for hydroxylation is 1. The largest absolute Gasteiger partial charge is 0.371 e. The molecule has 1 aliphatic heterocycles. The molecule has 1 fully saturated rings. The predicted octanol–water partition coefficient (Wildman–Crippen LogP) is 3.32. The molecular weight excluding hydrogens is 234 g/mol. The van der Waals surface area contributed by atoms with Crippen molar-refractivity contribution in [1.82, 2.24) is 5.32 Å². The number of hydrogen-bond acceptors (Lipinski definition) is 2. The molecule has 2 aromatic carbocycles. The van der Waals surface area contributed by atoms with Gasteiger partial charge >= 0.3 is 0 Å². The van der Waals surface area contributed by atoms with Crippen molar-refractivity contribution < 1.29 is 4.74 Å². The molecule has 0 spiro atoms. The molecule has 1 unspecified atom stereocenters.